The second kappa shape index (κ2) is 2.74. The molecule has 4 nitrogen and oxygen atoms in total. The highest BCUT2D eigenvalue weighted by Gasteiger charge is 2.68. The molecule has 0 amide bonds. The molecule has 84 valence electrons. The van der Waals surface area contributed by atoms with E-state index in [1.165, 1.54) is 0 Å². The largest absolute Gasteiger partial charge is 0.383 e. The summed E-state index contributed by atoms with van der Waals surface area (Å²) in [6.07, 6.45) is 4.13. The van der Waals surface area contributed by atoms with Crippen LogP contribution in [0.2, 0.25) is 0 Å². The molecular formula is C10H14BrNO3. The first-order valence-electron chi connectivity index (χ1n) is 5.48. The van der Waals surface area contributed by atoms with E-state index in [4.69, 9.17) is 0 Å². The summed E-state index contributed by atoms with van der Waals surface area (Å²) in [5.74, 6) is 0.969. The van der Waals surface area contributed by atoms with Crippen molar-refractivity contribution in [2.24, 2.45) is 11.8 Å². The van der Waals surface area contributed by atoms with Gasteiger partial charge in [-0.15, -0.1) is 0 Å². The summed E-state index contributed by atoms with van der Waals surface area (Å²) >= 11 is 3.56. The van der Waals surface area contributed by atoms with E-state index in [1.807, 2.05) is 0 Å². The van der Waals surface area contributed by atoms with E-state index in [1.54, 1.807) is 0 Å². The fourth-order valence-electron chi connectivity index (χ4n) is 4.39. The van der Waals surface area contributed by atoms with Gasteiger partial charge in [-0.05, 0) is 43.9 Å². The minimum Gasteiger partial charge on any atom is -0.383 e. The Labute approximate surface area is 96.3 Å². The van der Waals surface area contributed by atoms with Crippen molar-refractivity contribution in [3.05, 3.63) is 10.1 Å². The maximum atomic E-state index is 11.1. The second-order valence-corrected chi connectivity index (χ2v) is 7.19. The molecule has 0 saturated heterocycles. The highest BCUT2D eigenvalue weighted by atomic mass is 79.9. The van der Waals surface area contributed by atoms with Gasteiger partial charge in [-0.25, -0.2) is 0 Å². The van der Waals surface area contributed by atoms with Crippen LogP contribution < -0.4 is 0 Å². The topological polar surface area (TPSA) is 63.4 Å². The lowest BCUT2D eigenvalue weighted by Gasteiger charge is -2.58. The molecule has 0 aromatic carbocycles. The molecule has 0 radical (unpaired) electrons. The van der Waals surface area contributed by atoms with Crippen molar-refractivity contribution >= 4 is 15.9 Å². The van der Waals surface area contributed by atoms with Crippen molar-refractivity contribution in [1.82, 2.24) is 0 Å². The fraction of sp³-hybridized carbons (Fsp3) is 1.00. The van der Waals surface area contributed by atoms with Crippen LogP contribution in [0.3, 0.4) is 0 Å². The van der Waals surface area contributed by atoms with Crippen LogP contribution >= 0.6 is 15.9 Å². The van der Waals surface area contributed by atoms with Crippen molar-refractivity contribution in [3.8, 4) is 0 Å². The Kier molecular flexibility index (Phi) is 1.83. The third-order valence-corrected chi connectivity index (χ3v) is 5.50. The van der Waals surface area contributed by atoms with Gasteiger partial charge >= 0.3 is 0 Å². The van der Waals surface area contributed by atoms with Crippen LogP contribution in [0.5, 0.6) is 0 Å². The van der Waals surface area contributed by atoms with Crippen LogP contribution in [0, 0.1) is 22.0 Å². The van der Waals surface area contributed by atoms with E-state index in [0.29, 0.717) is 24.7 Å². The molecule has 0 heterocycles. The van der Waals surface area contributed by atoms with Crippen LogP contribution in [0.1, 0.15) is 32.1 Å². The SMILES string of the molecule is O=[N+]([O-])C1C2(O)CC3CC(C2)CC1(Br)C3. The van der Waals surface area contributed by atoms with Crippen LogP contribution in [-0.4, -0.2) is 26.0 Å². The molecular weight excluding hydrogens is 262 g/mol. The summed E-state index contributed by atoms with van der Waals surface area (Å²) in [4.78, 5) is 10.8. The van der Waals surface area contributed by atoms with Crippen molar-refractivity contribution in [3.63, 3.8) is 0 Å². The molecule has 4 rings (SSSR count). The summed E-state index contributed by atoms with van der Waals surface area (Å²) in [6, 6.07) is -0.808. The van der Waals surface area contributed by atoms with Gasteiger partial charge in [-0.2, -0.15) is 0 Å². The van der Waals surface area contributed by atoms with Crippen molar-refractivity contribution in [1.29, 1.82) is 0 Å². The lowest BCUT2D eigenvalue weighted by molar-refractivity contribution is -0.563. The first-order chi connectivity index (χ1) is 6.93. The summed E-state index contributed by atoms with van der Waals surface area (Å²) in [5, 5.41) is 21.5. The molecule has 0 spiro atoms. The molecule has 4 aliphatic carbocycles. The summed E-state index contributed by atoms with van der Waals surface area (Å²) in [6.45, 7) is 0. The molecule has 4 saturated carbocycles. The van der Waals surface area contributed by atoms with Gasteiger partial charge < -0.3 is 5.11 Å². The predicted molar refractivity (Wildman–Crippen MR) is 57.5 cm³/mol. The summed E-state index contributed by atoms with van der Waals surface area (Å²) in [7, 11) is 0. The molecule has 0 aromatic heterocycles. The minimum absolute atomic E-state index is 0.271. The van der Waals surface area contributed by atoms with Gasteiger partial charge in [0.15, 0.2) is 0 Å². The van der Waals surface area contributed by atoms with Gasteiger partial charge in [0.1, 0.15) is 5.60 Å². The Bertz CT molecular complexity index is 297. The molecule has 3 atom stereocenters. The van der Waals surface area contributed by atoms with Gasteiger partial charge in [0, 0.05) is 4.92 Å². The van der Waals surface area contributed by atoms with Gasteiger partial charge in [-0.3, -0.25) is 10.1 Å². The van der Waals surface area contributed by atoms with Crippen molar-refractivity contribution in [2.45, 2.75) is 48.1 Å². The summed E-state index contributed by atoms with van der Waals surface area (Å²) < 4.78 is -0.435. The smallest absolute Gasteiger partial charge is 0.256 e. The quantitative estimate of drug-likeness (QED) is 0.450. The molecule has 0 aromatic rings. The fourth-order valence-corrected chi connectivity index (χ4v) is 5.90. The number of hydrogen-bond acceptors (Lipinski definition) is 3. The Morgan fingerprint density at radius 3 is 2.20 bits per heavy atom. The standard InChI is InChI=1S/C10H14BrNO3/c11-9-2-6-1-7(3-9)5-10(13,4-6)8(9)12(14)15/h6-8,13H,1-5H2. The van der Waals surface area contributed by atoms with Crippen LogP contribution in [0.4, 0.5) is 0 Å². The van der Waals surface area contributed by atoms with Crippen molar-refractivity contribution in [2.75, 3.05) is 0 Å². The van der Waals surface area contributed by atoms with E-state index >= 15 is 0 Å². The number of nitro groups is 1. The van der Waals surface area contributed by atoms with E-state index in [2.05, 4.69) is 15.9 Å². The van der Waals surface area contributed by atoms with Crippen molar-refractivity contribution < 1.29 is 10.0 Å². The molecule has 1 N–H and O–H groups in total. The van der Waals surface area contributed by atoms with Gasteiger partial charge in [0.05, 0.1) is 4.32 Å². The number of alkyl halides is 1. The molecule has 5 heteroatoms. The van der Waals surface area contributed by atoms with E-state index in [-0.39, 0.29) is 4.92 Å². The Morgan fingerprint density at radius 1 is 1.27 bits per heavy atom. The molecule has 4 aliphatic rings. The van der Waals surface area contributed by atoms with Crippen LogP contribution in [0.25, 0.3) is 0 Å². The predicted octanol–water partition coefficient (Wildman–Crippen LogP) is 1.72. The third-order valence-electron chi connectivity index (χ3n) is 4.42. The monoisotopic (exact) mass is 275 g/mol. The van der Waals surface area contributed by atoms with Gasteiger partial charge in [0.2, 0.25) is 0 Å². The second-order valence-electron chi connectivity index (χ2n) is 5.61. The van der Waals surface area contributed by atoms with Gasteiger partial charge in [-0.1, -0.05) is 15.9 Å². The number of aliphatic hydroxyl groups is 1. The van der Waals surface area contributed by atoms with Gasteiger partial charge in [0.25, 0.3) is 6.04 Å². The maximum absolute atomic E-state index is 11.1. The molecule has 4 bridgehead atoms. The normalized spacial score (nSPS) is 57.1. The number of halogens is 1. The number of nitrogens with zero attached hydrogens (tertiary/aromatic N) is 1. The average Bonchev–Trinajstić information content (AvgIpc) is 1.94. The first-order valence-corrected chi connectivity index (χ1v) is 6.27. The lowest BCUT2D eigenvalue weighted by atomic mass is 9.52. The van der Waals surface area contributed by atoms with Crippen LogP contribution in [0.15, 0.2) is 0 Å². The minimum atomic E-state index is -1.04. The third kappa shape index (κ3) is 1.22. The lowest BCUT2D eigenvalue weighted by Crippen LogP contribution is -2.69. The van der Waals surface area contributed by atoms with E-state index in [0.717, 1.165) is 19.3 Å². The maximum Gasteiger partial charge on any atom is 0.256 e. The Hall–Kier alpha value is -0.160. The highest BCUT2D eigenvalue weighted by Crippen LogP contribution is 2.61. The molecule has 3 unspecified atom stereocenters. The average molecular weight is 276 g/mol. The number of rotatable bonds is 1. The zero-order valence-electron chi connectivity index (χ0n) is 8.36. The Morgan fingerprint density at radius 2 is 1.80 bits per heavy atom. The van der Waals surface area contributed by atoms with Crippen LogP contribution in [-0.2, 0) is 0 Å². The first kappa shape index (κ1) is 10.0. The van der Waals surface area contributed by atoms with E-state index in [9.17, 15) is 15.2 Å². The highest BCUT2D eigenvalue weighted by molar-refractivity contribution is 9.10. The zero-order chi connectivity index (χ0) is 10.8. The van der Waals surface area contributed by atoms with E-state index < -0.39 is 16.0 Å². The molecule has 4 fully saturated rings. The Balaban J connectivity index is 2.05. The number of hydrogen-bond donors (Lipinski definition) is 1. The zero-order valence-corrected chi connectivity index (χ0v) is 9.94. The molecule has 15 heavy (non-hydrogen) atoms. The molecule has 0 aliphatic heterocycles. The summed E-state index contributed by atoms with van der Waals surface area (Å²) in [5.41, 5.74) is -1.04.